The monoisotopic (exact) mass is 205 g/mol. The third-order valence-corrected chi connectivity index (χ3v) is 1.95. The van der Waals surface area contributed by atoms with Gasteiger partial charge in [-0.15, -0.1) is 11.3 Å². The van der Waals surface area contributed by atoms with E-state index in [4.69, 9.17) is 0 Å². The highest BCUT2D eigenvalue weighted by Crippen LogP contribution is 2.07. The Balaban J connectivity index is -0.000000144. The van der Waals surface area contributed by atoms with Crippen LogP contribution in [-0.4, -0.2) is 21.1 Å². The fraction of sp³-hybridized carbons (Fsp3) is 0.556. The highest BCUT2D eigenvalue weighted by atomic mass is 32.1. The van der Waals surface area contributed by atoms with Crippen LogP contribution >= 0.6 is 11.3 Å². The molecule has 4 heteroatoms. The molecule has 0 aliphatic carbocycles. The summed E-state index contributed by atoms with van der Waals surface area (Å²) in [5.41, 5.74) is 13.5. The summed E-state index contributed by atoms with van der Waals surface area (Å²) in [6.07, 6.45) is 1.18. The van der Waals surface area contributed by atoms with Crippen LogP contribution in [0, 0.1) is 0 Å². The summed E-state index contributed by atoms with van der Waals surface area (Å²) in [7, 11) is 4.50. The number of thiophene rings is 1. The van der Waals surface area contributed by atoms with Gasteiger partial charge in [0.1, 0.15) is 0 Å². The molecule has 1 rings (SSSR count). The fourth-order valence-electron chi connectivity index (χ4n) is 0.514. The van der Waals surface area contributed by atoms with Crippen LogP contribution in [0.25, 0.3) is 0 Å². The van der Waals surface area contributed by atoms with Gasteiger partial charge >= 0.3 is 0 Å². The molecule has 3 nitrogen and oxygen atoms in total. The van der Waals surface area contributed by atoms with Crippen LogP contribution in [0.1, 0.15) is 11.8 Å². The first-order valence-corrected chi connectivity index (χ1v) is 5.07. The molecule has 1 aromatic rings. The lowest BCUT2D eigenvalue weighted by Crippen LogP contribution is -1.69. The zero-order valence-corrected chi connectivity index (χ0v) is 9.90. The lowest BCUT2D eigenvalue weighted by molar-refractivity contribution is 1.19. The molecule has 0 saturated heterocycles. The minimum Gasteiger partial charge on any atom is -0.333 e. The fourth-order valence-corrected chi connectivity index (χ4v) is 1.17. The van der Waals surface area contributed by atoms with Gasteiger partial charge in [-0.25, -0.2) is 0 Å². The Morgan fingerprint density at radius 1 is 1.08 bits per heavy atom. The second-order valence-corrected chi connectivity index (χ2v) is 2.47. The summed E-state index contributed by atoms with van der Waals surface area (Å²) in [4.78, 5) is 1.47. The molecule has 0 atom stereocenters. The van der Waals surface area contributed by atoms with Crippen LogP contribution < -0.4 is 17.2 Å². The van der Waals surface area contributed by atoms with Crippen LogP contribution in [0.15, 0.2) is 17.5 Å². The predicted molar refractivity (Wildman–Crippen MR) is 64.0 cm³/mol. The minimum absolute atomic E-state index is 1.18. The van der Waals surface area contributed by atoms with Crippen LogP contribution in [0.2, 0.25) is 0 Å². The summed E-state index contributed by atoms with van der Waals surface area (Å²) in [5.74, 6) is 0. The molecular weight excluding hydrogens is 182 g/mol. The van der Waals surface area contributed by atoms with Crippen molar-refractivity contribution in [3.8, 4) is 0 Å². The lowest BCUT2D eigenvalue weighted by atomic mass is 10.4. The molecule has 0 radical (unpaired) electrons. The zero-order chi connectivity index (χ0) is 11.1. The highest BCUT2D eigenvalue weighted by molar-refractivity contribution is 7.09. The first-order valence-electron chi connectivity index (χ1n) is 4.19. The quantitative estimate of drug-likeness (QED) is 0.641. The van der Waals surface area contributed by atoms with E-state index in [1.165, 1.54) is 32.4 Å². The van der Waals surface area contributed by atoms with E-state index in [0.717, 1.165) is 0 Å². The molecule has 0 saturated carbocycles. The Labute approximate surface area is 85.9 Å². The van der Waals surface area contributed by atoms with Crippen molar-refractivity contribution >= 4 is 11.3 Å². The van der Waals surface area contributed by atoms with Gasteiger partial charge in [0.2, 0.25) is 0 Å². The molecule has 0 bridgehead atoms. The van der Waals surface area contributed by atoms with Crippen LogP contribution in [0.4, 0.5) is 0 Å². The molecule has 1 aromatic heterocycles. The van der Waals surface area contributed by atoms with Gasteiger partial charge in [0.25, 0.3) is 0 Å². The zero-order valence-electron chi connectivity index (χ0n) is 9.08. The number of hydrogen-bond donors (Lipinski definition) is 3. The van der Waals surface area contributed by atoms with Crippen molar-refractivity contribution in [2.24, 2.45) is 17.2 Å². The Hall–Kier alpha value is -0.420. The largest absolute Gasteiger partial charge is 0.333 e. The molecule has 0 unspecified atom stereocenters. The average Bonchev–Trinajstić information content (AvgIpc) is 2.79. The maximum Gasteiger partial charge on any atom is 0.00424 e. The Morgan fingerprint density at radius 2 is 1.54 bits per heavy atom. The summed E-state index contributed by atoms with van der Waals surface area (Å²) in [5, 5.41) is 2.11. The SMILES string of the molecule is CCc1cccs1.CN.CN.CN. The second-order valence-electron chi connectivity index (χ2n) is 1.43. The maximum absolute atomic E-state index is 4.50. The van der Waals surface area contributed by atoms with E-state index in [0.29, 0.717) is 0 Å². The van der Waals surface area contributed by atoms with Crippen molar-refractivity contribution in [1.82, 2.24) is 0 Å². The normalized spacial score (nSPS) is 6.38. The first-order chi connectivity index (χ1) is 6.43. The summed E-state index contributed by atoms with van der Waals surface area (Å²) in [6, 6.07) is 4.24. The first kappa shape index (κ1) is 18.4. The number of nitrogens with two attached hydrogens (primary N) is 3. The maximum atomic E-state index is 4.50. The third-order valence-electron chi connectivity index (χ3n) is 0.929. The smallest absolute Gasteiger partial charge is 0.00424 e. The van der Waals surface area contributed by atoms with E-state index < -0.39 is 0 Å². The van der Waals surface area contributed by atoms with E-state index in [1.54, 1.807) is 0 Å². The number of hydrogen-bond acceptors (Lipinski definition) is 4. The Kier molecular flexibility index (Phi) is 31.9. The lowest BCUT2D eigenvalue weighted by Gasteiger charge is -1.78. The standard InChI is InChI=1S/C6H8S.3CH5N/c1-2-6-4-3-5-7-6;3*1-2/h3-5H,2H2,1H3;3*2H2,1H3. The highest BCUT2D eigenvalue weighted by Gasteiger charge is 1.82. The summed E-state index contributed by atoms with van der Waals surface area (Å²) in [6.45, 7) is 2.17. The van der Waals surface area contributed by atoms with E-state index in [1.807, 2.05) is 11.3 Å². The second kappa shape index (κ2) is 22.6. The van der Waals surface area contributed by atoms with Gasteiger partial charge in [-0.3, -0.25) is 0 Å². The van der Waals surface area contributed by atoms with Gasteiger partial charge in [0.05, 0.1) is 0 Å². The molecule has 6 N–H and O–H groups in total. The van der Waals surface area contributed by atoms with Gasteiger partial charge in [-0.2, -0.15) is 0 Å². The predicted octanol–water partition coefficient (Wildman–Crippen LogP) is 1.04. The molecule has 80 valence electrons. The topological polar surface area (TPSA) is 78.1 Å². The van der Waals surface area contributed by atoms with E-state index in [-0.39, 0.29) is 0 Å². The Morgan fingerprint density at radius 3 is 1.69 bits per heavy atom. The molecule has 0 aliphatic heterocycles. The van der Waals surface area contributed by atoms with Crippen molar-refractivity contribution in [3.05, 3.63) is 22.4 Å². The van der Waals surface area contributed by atoms with Gasteiger partial charge in [-0.05, 0) is 39.0 Å². The summed E-state index contributed by atoms with van der Waals surface area (Å²) < 4.78 is 0. The minimum atomic E-state index is 1.18. The van der Waals surface area contributed by atoms with Crippen molar-refractivity contribution < 1.29 is 0 Å². The van der Waals surface area contributed by atoms with Crippen LogP contribution in [-0.2, 0) is 6.42 Å². The third kappa shape index (κ3) is 14.4. The van der Waals surface area contributed by atoms with Gasteiger partial charge < -0.3 is 17.2 Å². The van der Waals surface area contributed by atoms with E-state index in [2.05, 4.69) is 41.6 Å². The molecule has 0 aliphatic rings. The molecule has 0 aromatic carbocycles. The van der Waals surface area contributed by atoms with Crippen molar-refractivity contribution in [2.75, 3.05) is 21.1 Å². The van der Waals surface area contributed by atoms with Gasteiger partial charge in [0, 0.05) is 4.88 Å². The average molecular weight is 205 g/mol. The van der Waals surface area contributed by atoms with E-state index >= 15 is 0 Å². The molecule has 1 heterocycles. The van der Waals surface area contributed by atoms with Crippen molar-refractivity contribution in [3.63, 3.8) is 0 Å². The number of aryl methyl sites for hydroxylation is 1. The van der Waals surface area contributed by atoms with E-state index in [9.17, 15) is 0 Å². The van der Waals surface area contributed by atoms with Gasteiger partial charge in [-0.1, -0.05) is 13.0 Å². The Bertz CT molecular complexity index is 129. The molecule has 0 amide bonds. The number of rotatable bonds is 1. The van der Waals surface area contributed by atoms with Gasteiger partial charge in [0.15, 0.2) is 0 Å². The summed E-state index contributed by atoms with van der Waals surface area (Å²) >= 11 is 1.82. The van der Waals surface area contributed by atoms with Crippen molar-refractivity contribution in [1.29, 1.82) is 0 Å². The molecule has 13 heavy (non-hydrogen) atoms. The van der Waals surface area contributed by atoms with Crippen molar-refractivity contribution in [2.45, 2.75) is 13.3 Å². The van der Waals surface area contributed by atoms with Crippen LogP contribution in [0.5, 0.6) is 0 Å². The molecular formula is C9H23N3S. The molecule has 0 spiro atoms. The molecule has 0 fully saturated rings. The van der Waals surface area contributed by atoms with Crippen LogP contribution in [0.3, 0.4) is 0 Å².